The monoisotopic (exact) mass is 186 g/mol. The lowest BCUT2D eigenvalue weighted by Crippen LogP contribution is -2.15. The molecule has 0 nitrogen and oxygen atoms in total. The van der Waals surface area contributed by atoms with E-state index >= 15 is 0 Å². The molecule has 0 N–H and O–H groups in total. The van der Waals surface area contributed by atoms with Crippen LogP contribution in [0, 0.1) is 11.5 Å². The zero-order valence-corrected chi connectivity index (χ0v) is 9.04. The number of rotatable bonds is 3. The van der Waals surface area contributed by atoms with Crippen LogP contribution < -0.4 is 0 Å². The third-order valence-corrected chi connectivity index (χ3v) is 3.55. The summed E-state index contributed by atoms with van der Waals surface area (Å²) in [6.45, 7) is 7.80. The van der Waals surface area contributed by atoms with Gasteiger partial charge in [-0.25, -0.2) is 0 Å². The van der Waals surface area contributed by atoms with E-state index in [0.29, 0.717) is 0 Å². The molecule has 0 aromatic rings. The fraction of sp³-hybridized carbons (Fsp3) is 0.556. The zero-order chi connectivity index (χ0) is 8.74. The van der Waals surface area contributed by atoms with Gasteiger partial charge in [0.1, 0.15) is 0 Å². The topological polar surface area (TPSA) is 0 Å². The molecule has 1 unspecified atom stereocenters. The fourth-order valence-corrected chi connectivity index (χ4v) is 1.32. The van der Waals surface area contributed by atoms with Crippen molar-refractivity contribution in [1.29, 1.82) is 0 Å². The Morgan fingerprint density at radius 3 is 2.73 bits per heavy atom. The Balaban J connectivity index is 3.76. The van der Waals surface area contributed by atoms with E-state index in [0.717, 1.165) is 6.42 Å². The molecule has 0 saturated carbocycles. The molecule has 0 aliphatic carbocycles. The van der Waals surface area contributed by atoms with Crippen LogP contribution in [0.15, 0.2) is 12.3 Å². The van der Waals surface area contributed by atoms with Crippen molar-refractivity contribution in [2.75, 3.05) is 0 Å². The first kappa shape index (κ1) is 10.8. The molecule has 0 aliphatic rings. The molecule has 2 heteroatoms. The predicted octanol–water partition coefficient (Wildman–Crippen LogP) is 3.26. The maximum Gasteiger partial charge on any atom is 0.253 e. The van der Waals surface area contributed by atoms with Crippen LogP contribution in [0.5, 0.6) is 0 Å². The second-order valence-corrected chi connectivity index (χ2v) is 7.85. The van der Waals surface area contributed by atoms with E-state index in [4.69, 9.17) is 11.1 Å². The molecule has 0 heterocycles. The first-order valence-electron chi connectivity index (χ1n) is 3.95. The Hall–Kier alpha value is -0.193. The maximum atomic E-state index is 6.05. The van der Waals surface area contributed by atoms with Crippen LogP contribution in [0.3, 0.4) is 0 Å². The molecule has 0 aromatic carbocycles. The van der Waals surface area contributed by atoms with Gasteiger partial charge in [0, 0.05) is 6.42 Å². The third-order valence-electron chi connectivity index (χ3n) is 1.37. The first-order chi connectivity index (χ1) is 5.12. The second-order valence-electron chi connectivity index (χ2n) is 2.69. The SMILES string of the molecule is C=C[Si](C)(Cl)C#CCCCC. The first-order valence-corrected chi connectivity index (χ1v) is 7.54. The third kappa shape index (κ3) is 6.21. The van der Waals surface area contributed by atoms with Gasteiger partial charge in [0.05, 0.1) is 0 Å². The van der Waals surface area contributed by atoms with E-state index in [1.165, 1.54) is 12.8 Å². The molecule has 0 amide bonds. The Bertz CT molecular complexity index is 174. The van der Waals surface area contributed by atoms with E-state index in [9.17, 15) is 0 Å². The van der Waals surface area contributed by atoms with Crippen LogP contribution in [0.25, 0.3) is 0 Å². The minimum Gasteiger partial charge on any atom is -0.145 e. The molecular weight excluding hydrogens is 172 g/mol. The highest BCUT2D eigenvalue weighted by molar-refractivity contribution is 7.27. The van der Waals surface area contributed by atoms with Gasteiger partial charge in [-0.3, -0.25) is 0 Å². The maximum absolute atomic E-state index is 6.05. The highest BCUT2D eigenvalue weighted by atomic mass is 35.6. The Morgan fingerprint density at radius 1 is 1.64 bits per heavy atom. The lowest BCUT2D eigenvalue weighted by atomic mass is 10.3. The number of hydrogen-bond donors (Lipinski definition) is 0. The number of hydrogen-bond acceptors (Lipinski definition) is 0. The predicted molar refractivity (Wildman–Crippen MR) is 55.0 cm³/mol. The molecule has 1 atom stereocenters. The highest BCUT2D eigenvalue weighted by Gasteiger charge is 2.14. The molecule has 0 radical (unpaired) electrons. The van der Waals surface area contributed by atoms with Crippen LogP contribution in [-0.4, -0.2) is 7.38 Å². The summed E-state index contributed by atoms with van der Waals surface area (Å²) in [7, 11) is -1.85. The largest absolute Gasteiger partial charge is 0.253 e. The van der Waals surface area contributed by atoms with E-state index in [1.54, 1.807) is 5.70 Å². The van der Waals surface area contributed by atoms with Gasteiger partial charge in [-0.15, -0.1) is 29.1 Å². The van der Waals surface area contributed by atoms with Crippen LogP contribution in [-0.2, 0) is 0 Å². The molecule has 0 bridgehead atoms. The lowest BCUT2D eigenvalue weighted by molar-refractivity contribution is 0.828. The van der Waals surface area contributed by atoms with Gasteiger partial charge in [-0.05, 0) is 13.0 Å². The molecule has 62 valence electrons. The number of halogens is 1. The van der Waals surface area contributed by atoms with Gasteiger partial charge < -0.3 is 0 Å². The van der Waals surface area contributed by atoms with Crippen LogP contribution in [0.2, 0.25) is 6.55 Å². The van der Waals surface area contributed by atoms with E-state index in [2.05, 4.69) is 25.0 Å². The Labute approximate surface area is 75.4 Å². The minimum absolute atomic E-state index is 0.972. The molecule has 0 aromatic heterocycles. The van der Waals surface area contributed by atoms with Gasteiger partial charge >= 0.3 is 0 Å². The average Bonchev–Trinajstić information content (AvgIpc) is 1.99. The molecule has 0 aliphatic heterocycles. The molecule has 0 spiro atoms. The van der Waals surface area contributed by atoms with Crippen LogP contribution in [0.4, 0.5) is 0 Å². The van der Waals surface area contributed by atoms with Crippen LogP contribution in [0.1, 0.15) is 26.2 Å². The summed E-state index contributed by atoms with van der Waals surface area (Å²) in [5, 5.41) is 0. The zero-order valence-electron chi connectivity index (χ0n) is 7.28. The summed E-state index contributed by atoms with van der Waals surface area (Å²) < 4.78 is 0. The smallest absolute Gasteiger partial charge is 0.145 e. The fourth-order valence-electron chi connectivity index (χ4n) is 0.552. The molecular formula is C9H15ClSi. The summed E-state index contributed by atoms with van der Waals surface area (Å²) in [5.74, 6) is 3.09. The van der Waals surface area contributed by atoms with Crippen molar-refractivity contribution in [3.63, 3.8) is 0 Å². The van der Waals surface area contributed by atoms with Gasteiger partial charge in [0.25, 0.3) is 7.38 Å². The van der Waals surface area contributed by atoms with Crippen molar-refractivity contribution in [3.05, 3.63) is 12.3 Å². The molecule has 0 saturated heterocycles. The summed E-state index contributed by atoms with van der Waals surface area (Å²) in [6, 6.07) is 0. The average molecular weight is 187 g/mol. The summed E-state index contributed by atoms with van der Waals surface area (Å²) >= 11 is 6.05. The van der Waals surface area contributed by atoms with Crippen molar-refractivity contribution in [1.82, 2.24) is 0 Å². The standard InChI is InChI=1S/C9H15ClSi/c1-4-6-7-8-9-11(3,10)5-2/h5H,2,4,6-7H2,1,3H3. The Morgan fingerprint density at radius 2 is 2.27 bits per heavy atom. The minimum atomic E-state index is -1.85. The van der Waals surface area contributed by atoms with Gasteiger partial charge in [0.2, 0.25) is 0 Å². The van der Waals surface area contributed by atoms with Crippen molar-refractivity contribution in [3.8, 4) is 11.5 Å². The summed E-state index contributed by atoms with van der Waals surface area (Å²) in [4.78, 5) is 0. The van der Waals surface area contributed by atoms with Crippen molar-refractivity contribution in [2.24, 2.45) is 0 Å². The van der Waals surface area contributed by atoms with Gasteiger partial charge in [-0.2, -0.15) is 0 Å². The van der Waals surface area contributed by atoms with Crippen molar-refractivity contribution in [2.45, 2.75) is 32.7 Å². The highest BCUT2D eigenvalue weighted by Crippen LogP contribution is 2.07. The number of unbranched alkanes of at least 4 members (excludes halogenated alkanes) is 2. The molecule has 0 rings (SSSR count). The molecule has 11 heavy (non-hydrogen) atoms. The van der Waals surface area contributed by atoms with Gasteiger partial charge in [0.15, 0.2) is 0 Å². The molecule has 0 fully saturated rings. The van der Waals surface area contributed by atoms with E-state index < -0.39 is 7.38 Å². The van der Waals surface area contributed by atoms with E-state index in [1.807, 2.05) is 6.55 Å². The van der Waals surface area contributed by atoms with Crippen molar-refractivity contribution < 1.29 is 0 Å². The Kier molecular flexibility index (Phi) is 5.36. The summed E-state index contributed by atoms with van der Waals surface area (Å²) in [6.07, 6.45) is 3.34. The quantitative estimate of drug-likeness (QED) is 0.275. The van der Waals surface area contributed by atoms with E-state index in [-0.39, 0.29) is 0 Å². The van der Waals surface area contributed by atoms with Gasteiger partial charge in [-0.1, -0.05) is 19.0 Å². The van der Waals surface area contributed by atoms with Crippen molar-refractivity contribution >= 4 is 18.5 Å². The lowest BCUT2D eigenvalue weighted by Gasteiger charge is -2.01. The summed E-state index contributed by atoms with van der Waals surface area (Å²) in [5.41, 5.74) is 4.88. The van der Waals surface area contributed by atoms with Crippen LogP contribution >= 0.6 is 11.1 Å². The normalized spacial score (nSPS) is 14.5. The second kappa shape index (κ2) is 5.46.